The fourth-order valence-corrected chi connectivity index (χ4v) is 2.95. The van der Waals surface area contributed by atoms with Gasteiger partial charge < -0.3 is 5.32 Å². The highest BCUT2D eigenvalue weighted by molar-refractivity contribution is 6.01. The summed E-state index contributed by atoms with van der Waals surface area (Å²) >= 11 is 0. The van der Waals surface area contributed by atoms with Crippen LogP contribution in [0.3, 0.4) is 0 Å². The van der Waals surface area contributed by atoms with Crippen molar-refractivity contribution >= 4 is 11.6 Å². The number of nitrogens with one attached hydrogen (secondary N) is 1. The normalized spacial score (nSPS) is 10.6. The smallest absolute Gasteiger partial charge is 0.295 e. The number of hydrogen-bond acceptors (Lipinski definition) is 3. The summed E-state index contributed by atoms with van der Waals surface area (Å²) in [5, 5.41) is 7.36. The van der Waals surface area contributed by atoms with Crippen LogP contribution in [-0.4, -0.2) is 20.7 Å². The van der Waals surface area contributed by atoms with Crippen LogP contribution in [0.1, 0.15) is 21.7 Å². The van der Waals surface area contributed by atoms with Gasteiger partial charge in [-0.2, -0.15) is 0 Å². The Bertz CT molecular complexity index is 1120. The largest absolute Gasteiger partial charge is 0.319 e. The molecule has 0 atom stereocenters. The van der Waals surface area contributed by atoms with Crippen LogP contribution in [0.25, 0.3) is 17.1 Å². The van der Waals surface area contributed by atoms with Gasteiger partial charge in [-0.3, -0.25) is 4.79 Å². The summed E-state index contributed by atoms with van der Waals surface area (Å²) in [6, 6.07) is 25.3. The predicted molar refractivity (Wildman–Crippen MR) is 111 cm³/mol. The van der Waals surface area contributed by atoms with Crippen molar-refractivity contribution in [2.24, 2.45) is 0 Å². The summed E-state index contributed by atoms with van der Waals surface area (Å²) in [7, 11) is 0. The standard InChI is InChI=1S/C23H20N4O/c1-16-11-13-19(14-12-16)24-23(28)21-25-22(18-8-6-7-17(2)15-18)27(26-21)20-9-4-3-5-10-20/h3-15H,1-2H3,(H,24,28). The summed E-state index contributed by atoms with van der Waals surface area (Å²) in [5.41, 5.74) is 4.72. The van der Waals surface area contributed by atoms with Gasteiger partial charge in [0, 0.05) is 11.3 Å². The lowest BCUT2D eigenvalue weighted by atomic mass is 10.1. The number of rotatable bonds is 4. The Hall–Kier alpha value is -3.73. The molecule has 0 radical (unpaired) electrons. The number of para-hydroxylation sites is 1. The van der Waals surface area contributed by atoms with Crippen LogP contribution in [0.2, 0.25) is 0 Å². The third kappa shape index (κ3) is 3.69. The summed E-state index contributed by atoms with van der Waals surface area (Å²) < 4.78 is 1.71. The summed E-state index contributed by atoms with van der Waals surface area (Å²) in [6.07, 6.45) is 0. The first-order valence-electron chi connectivity index (χ1n) is 9.08. The number of anilines is 1. The lowest BCUT2D eigenvalue weighted by molar-refractivity contribution is 0.101. The molecule has 5 nitrogen and oxygen atoms in total. The van der Waals surface area contributed by atoms with Crippen molar-refractivity contribution in [2.75, 3.05) is 5.32 Å². The molecule has 0 aliphatic carbocycles. The van der Waals surface area contributed by atoms with E-state index in [4.69, 9.17) is 0 Å². The van der Waals surface area contributed by atoms with Gasteiger partial charge in [0.25, 0.3) is 5.91 Å². The minimum Gasteiger partial charge on any atom is -0.319 e. The van der Waals surface area contributed by atoms with Crippen molar-refractivity contribution in [1.29, 1.82) is 0 Å². The quantitative estimate of drug-likeness (QED) is 0.563. The number of nitrogens with zero attached hydrogens (tertiary/aromatic N) is 3. The van der Waals surface area contributed by atoms with E-state index < -0.39 is 0 Å². The van der Waals surface area contributed by atoms with Crippen molar-refractivity contribution in [3.63, 3.8) is 0 Å². The van der Waals surface area contributed by atoms with E-state index in [1.807, 2.05) is 92.7 Å². The van der Waals surface area contributed by atoms with Crippen molar-refractivity contribution in [3.05, 3.63) is 95.8 Å². The number of amides is 1. The third-order valence-corrected chi connectivity index (χ3v) is 4.40. The lowest BCUT2D eigenvalue weighted by Crippen LogP contribution is -2.14. The Morgan fingerprint density at radius 2 is 1.61 bits per heavy atom. The molecule has 1 heterocycles. The van der Waals surface area contributed by atoms with Crippen molar-refractivity contribution < 1.29 is 4.79 Å². The maximum atomic E-state index is 12.7. The molecule has 0 saturated carbocycles. The molecule has 1 amide bonds. The highest BCUT2D eigenvalue weighted by Gasteiger charge is 2.19. The average molecular weight is 368 g/mol. The van der Waals surface area contributed by atoms with Crippen molar-refractivity contribution in [2.45, 2.75) is 13.8 Å². The molecule has 0 spiro atoms. The van der Waals surface area contributed by atoms with E-state index in [1.165, 1.54) is 0 Å². The van der Waals surface area contributed by atoms with Gasteiger partial charge in [0.15, 0.2) is 5.82 Å². The molecule has 1 aromatic heterocycles. The summed E-state index contributed by atoms with van der Waals surface area (Å²) in [6.45, 7) is 4.03. The molecule has 28 heavy (non-hydrogen) atoms. The molecule has 0 unspecified atom stereocenters. The van der Waals surface area contributed by atoms with Gasteiger partial charge >= 0.3 is 0 Å². The first-order chi connectivity index (χ1) is 13.6. The SMILES string of the molecule is Cc1ccc(NC(=O)c2nc(-c3cccc(C)c3)n(-c3ccccc3)n2)cc1. The van der Waals surface area contributed by atoms with Gasteiger partial charge in [-0.1, -0.05) is 59.7 Å². The second-order valence-electron chi connectivity index (χ2n) is 6.70. The Kier molecular flexibility index (Phi) is 4.72. The van der Waals surface area contributed by atoms with Crippen LogP contribution in [0.15, 0.2) is 78.9 Å². The molecule has 0 fully saturated rings. The van der Waals surface area contributed by atoms with E-state index in [0.717, 1.165) is 22.4 Å². The Morgan fingerprint density at radius 3 is 2.32 bits per heavy atom. The highest BCUT2D eigenvalue weighted by Crippen LogP contribution is 2.22. The number of hydrogen-bond donors (Lipinski definition) is 1. The molecule has 138 valence electrons. The van der Waals surface area contributed by atoms with Crippen LogP contribution in [-0.2, 0) is 0 Å². The van der Waals surface area contributed by atoms with Crippen molar-refractivity contribution in [3.8, 4) is 17.1 Å². The number of carbonyl (C=O) groups excluding carboxylic acids is 1. The molecule has 4 aromatic rings. The van der Waals surface area contributed by atoms with Gasteiger partial charge in [0.2, 0.25) is 5.82 Å². The second kappa shape index (κ2) is 7.48. The molecular formula is C23H20N4O. The number of aromatic nitrogens is 3. The zero-order valence-corrected chi connectivity index (χ0v) is 15.8. The Morgan fingerprint density at radius 1 is 0.857 bits per heavy atom. The predicted octanol–water partition coefficient (Wildman–Crippen LogP) is 4.80. The number of benzene rings is 3. The van der Waals surface area contributed by atoms with Gasteiger partial charge in [-0.05, 0) is 44.2 Å². The van der Waals surface area contributed by atoms with Crippen LogP contribution in [0, 0.1) is 13.8 Å². The first kappa shape index (κ1) is 17.7. The van der Waals surface area contributed by atoms with E-state index in [-0.39, 0.29) is 11.7 Å². The molecule has 0 aliphatic heterocycles. The van der Waals surface area contributed by atoms with Crippen LogP contribution in [0.4, 0.5) is 5.69 Å². The topological polar surface area (TPSA) is 59.8 Å². The minimum absolute atomic E-state index is 0.126. The minimum atomic E-state index is -0.340. The van der Waals surface area contributed by atoms with E-state index in [9.17, 15) is 4.79 Å². The zero-order valence-electron chi connectivity index (χ0n) is 15.8. The molecule has 5 heteroatoms. The van der Waals surface area contributed by atoms with Crippen LogP contribution in [0.5, 0.6) is 0 Å². The number of aryl methyl sites for hydroxylation is 2. The molecular weight excluding hydrogens is 348 g/mol. The second-order valence-corrected chi connectivity index (χ2v) is 6.70. The van der Waals surface area contributed by atoms with E-state index >= 15 is 0 Å². The third-order valence-electron chi connectivity index (χ3n) is 4.40. The fraction of sp³-hybridized carbons (Fsp3) is 0.0870. The Balaban J connectivity index is 1.74. The Labute approximate surface area is 163 Å². The average Bonchev–Trinajstić information content (AvgIpc) is 3.16. The maximum Gasteiger partial charge on any atom is 0.295 e. The van der Waals surface area contributed by atoms with Crippen LogP contribution < -0.4 is 5.32 Å². The zero-order chi connectivity index (χ0) is 19.5. The van der Waals surface area contributed by atoms with Gasteiger partial charge in [0.1, 0.15) is 0 Å². The lowest BCUT2D eigenvalue weighted by Gasteiger charge is -2.06. The monoisotopic (exact) mass is 368 g/mol. The van der Waals surface area contributed by atoms with E-state index in [1.54, 1.807) is 4.68 Å². The molecule has 0 bridgehead atoms. The van der Waals surface area contributed by atoms with E-state index in [0.29, 0.717) is 11.5 Å². The van der Waals surface area contributed by atoms with Crippen LogP contribution >= 0.6 is 0 Å². The van der Waals surface area contributed by atoms with Gasteiger partial charge in [-0.15, -0.1) is 5.10 Å². The molecule has 1 N–H and O–H groups in total. The molecule has 0 aliphatic rings. The maximum absolute atomic E-state index is 12.7. The van der Waals surface area contributed by atoms with Crippen molar-refractivity contribution in [1.82, 2.24) is 14.8 Å². The van der Waals surface area contributed by atoms with Gasteiger partial charge in [-0.25, -0.2) is 9.67 Å². The molecule has 0 saturated heterocycles. The number of carbonyl (C=O) groups is 1. The van der Waals surface area contributed by atoms with Gasteiger partial charge in [0.05, 0.1) is 5.69 Å². The van der Waals surface area contributed by atoms with E-state index in [2.05, 4.69) is 15.4 Å². The molecule has 4 rings (SSSR count). The summed E-state index contributed by atoms with van der Waals surface area (Å²) in [5.74, 6) is 0.414. The first-order valence-corrected chi connectivity index (χ1v) is 9.08. The summed E-state index contributed by atoms with van der Waals surface area (Å²) in [4.78, 5) is 17.3. The molecule has 3 aromatic carbocycles. The highest BCUT2D eigenvalue weighted by atomic mass is 16.2. The fourth-order valence-electron chi connectivity index (χ4n) is 2.95.